The second-order valence-corrected chi connectivity index (χ2v) is 5.84. The number of unbranched alkanes of at least 4 members (excludes halogenated alkanes) is 1. The van der Waals surface area contributed by atoms with Gasteiger partial charge in [-0.1, -0.05) is 51.8 Å². The average molecular weight is 242 g/mol. The monoisotopic (exact) mass is 242 g/mol. The van der Waals surface area contributed by atoms with Crippen molar-refractivity contribution in [2.75, 3.05) is 12.3 Å². The molecule has 1 heterocycles. The van der Waals surface area contributed by atoms with E-state index in [1.165, 1.54) is 43.0 Å². The number of hydrogen-bond acceptors (Lipinski definition) is 3. The van der Waals surface area contributed by atoms with Crippen LogP contribution in [0.4, 0.5) is 0 Å². The van der Waals surface area contributed by atoms with E-state index in [0.29, 0.717) is 6.04 Å². The Morgan fingerprint density at radius 2 is 2.19 bits per heavy atom. The molecule has 1 rings (SSSR count). The van der Waals surface area contributed by atoms with Crippen LogP contribution in [-0.2, 0) is 0 Å². The van der Waals surface area contributed by atoms with Gasteiger partial charge in [-0.25, -0.2) is 0 Å². The molecule has 94 valence electrons. The van der Waals surface area contributed by atoms with Gasteiger partial charge in [-0.15, -0.1) is 0 Å². The molecule has 0 spiro atoms. The number of aliphatic imine (C=N–C) groups is 1. The Hall–Kier alpha value is -0.180. The lowest BCUT2D eigenvalue weighted by Crippen LogP contribution is -2.35. The van der Waals surface area contributed by atoms with Gasteiger partial charge < -0.3 is 5.32 Å². The Kier molecular flexibility index (Phi) is 6.93. The van der Waals surface area contributed by atoms with Crippen molar-refractivity contribution in [3.63, 3.8) is 0 Å². The summed E-state index contributed by atoms with van der Waals surface area (Å²) in [4.78, 5) is 4.61. The minimum Gasteiger partial charge on any atom is -0.362 e. The lowest BCUT2D eigenvalue weighted by Gasteiger charge is -2.23. The van der Waals surface area contributed by atoms with Crippen LogP contribution < -0.4 is 5.32 Å². The van der Waals surface area contributed by atoms with Gasteiger partial charge in [-0.05, 0) is 18.8 Å². The smallest absolute Gasteiger partial charge is 0.156 e. The highest BCUT2D eigenvalue weighted by Crippen LogP contribution is 2.17. The van der Waals surface area contributed by atoms with Gasteiger partial charge in [0.25, 0.3) is 0 Å². The van der Waals surface area contributed by atoms with Crippen molar-refractivity contribution < 1.29 is 0 Å². The maximum Gasteiger partial charge on any atom is 0.156 e. The summed E-state index contributed by atoms with van der Waals surface area (Å²) in [5.74, 6) is 1.97. The predicted octanol–water partition coefficient (Wildman–Crippen LogP) is 3.67. The first kappa shape index (κ1) is 13.9. The van der Waals surface area contributed by atoms with Crippen LogP contribution in [0.3, 0.4) is 0 Å². The molecule has 0 bridgehead atoms. The summed E-state index contributed by atoms with van der Waals surface area (Å²) in [5, 5.41) is 4.81. The van der Waals surface area contributed by atoms with E-state index in [9.17, 15) is 0 Å². The van der Waals surface area contributed by atoms with Gasteiger partial charge in [-0.2, -0.15) is 0 Å². The molecule has 0 aliphatic carbocycles. The van der Waals surface area contributed by atoms with Crippen molar-refractivity contribution in [2.24, 2.45) is 10.9 Å². The number of nitrogens with zero attached hydrogens (tertiary/aromatic N) is 1. The third-order valence-corrected chi connectivity index (χ3v) is 4.18. The fourth-order valence-corrected chi connectivity index (χ4v) is 2.87. The molecule has 0 saturated carbocycles. The van der Waals surface area contributed by atoms with Crippen molar-refractivity contribution in [3.8, 4) is 0 Å². The summed E-state index contributed by atoms with van der Waals surface area (Å²) in [6.07, 6.45) is 6.44. The Morgan fingerprint density at radius 1 is 1.38 bits per heavy atom. The minimum atomic E-state index is 0.643. The molecular weight excluding hydrogens is 216 g/mol. The predicted molar refractivity (Wildman–Crippen MR) is 75.3 cm³/mol. The van der Waals surface area contributed by atoms with Gasteiger partial charge in [-0.3, -0.25) is 4.99 Å². The van der Waals surface area contributed by atoms with E-state index < -0.39 is 0 Å². The van der Waals surface area contributed by atoms with Crippen LogP contribution >= 0.6 is 11.8 Å². The highest BCUT2D eigenvalue weighted by Gasteiger charge is 2.15. The maximum atomic E-state index is 4.61. The van der Waals surface area contributed by atoms with Crippen molar-refractivity contribution in [1.29, 1.82) is 0 Å². The van der Waals surface area contributed by atoms with E-state index >= 15 is 0 Å². The lowest BCUT2D eigenvalue weighted by molar-refractivity contribution is 0.495. The van der Waals surface area contributed by atoms with Crippen LogP contribution in [-0.4, -0.2) is 23.5 Å². The summed E-state index contributed by atoms with van der Waals surface area (Å²) in [6.45, 7) is 7.80. The summed E-state index contributed by atoms with van der Waals surface area (Å²) in [7, 11) is 0. The number of hydrogen-bond donors (Lipinski definition) is 1. The molecule has 0 fully saturated rings. The van der Waals surface area contributed by atoms with E-state index in [0.717, 1.165) is 12.5 Å². The molecule has 2 unspecified atom stereocenters. The fourth-order valence-electron chi connectivity index (χ4n) is 1.91. The van der Waals surface area contributed by atoms with Gasteiger partial charge in [0, 0.05) is 18.3 Å². The van der Waals surface area contributed by atoms with Gasteiger partial charge in [0.1, 0.15) is 0 Å². The number of rotatable bonds is 6. The van der Waals surface area contributed by atoms with Crippen LogP contribution in [0, 0.1) is 5.92 Å². The largest absolute Gasteiger partial charge is 0.362 e. The number of thioether (sulfide) groups is 1. The molecule has 3 heteroatoms. The average Bonchev–Trinajstić information content (AvgIpc) is 2.29. The van der Waals surface area contributed by atoms with E-state index in [1.807, 2.05) is 11.8 Å². The second kappa shape index (κ2) is 7.99. The SMILES string of the molecule is CCCCC(CCC)NC1=NCC(C)CS1. The standard InChI is InChI=1S/C13H26N2S/c1-4-6-8-12(7-5-2)15-13-14-9-11(3)10-16-13/h11-12H,4-10H2,1-3H3,(H,14,15). The Morgan fingerprint density at radius 3 is 2.75 bits per heavy atom. The van der Waals surface area contributed by atoms with Crippen LogP contribution in [0.2, 0.25) is 0 Å². The summed E-state index contributed by atoms with van der Waals surface area (Å²) in [5.41, 5.74) is 0. The molecule has 1 N–H and O–H groups in total. The molecule has 0 aromatic rings. The van der Waals surface area contributed by atoms with Crippen LogP contribution in [0.5, 0.6) is 0 Å². The summed E-state index contributed by atoms with van der Waals surface area (Å²) < 4.78 is 0. The maximum absolute atomic E-state index is 4.61. The first-order valence-corrected chi connectivity index (χ1v) is 7.68. The van der Waals surface area contributed by atoms with Crippen LogP contribution in [0.15, 0.2) is 4.99 Å². The molecule has 16 heavy (non-hydrogen) atoms. The molecule has 0 aromatic heterocycles. The first-order chi connectivity index (χ1) is 7.76. The third kappa shape index (κ3) is 5.24. The van der Waals surface area contributed by atoms with Crippen molar-refractivity contribution in [3.05, 3.63) is 0 Å². The fraction of sp³-hybridized carbons (Fsp3) is 0.923. The number of nitrogens with one attached hydrogen (secondary N) is 1. The van der Waals surface area contributed by atoms with Gasteiger partial charge >= 0.3 is 0 Å². The lowest BCUT2D eigenvalue weighted by atomic mass is 10.1. The van der Waals surface area contributed by atoms with Crippen LogP contribution in [0.25, 0.3) is 0 Å². The molecule has 2 atom stereocenters. The normalized spacial score (nSPS) is 22.7. The highest BCUT2D eigenvalue weighted by atomic mass is 32.2. The minimum absolute atomic E-state index is 0.643. The van der Waals surface area contributed by atoms with Gasteiger partial charge in [0.15, 0.2) is 5.17 Å². The molecule has 0 saturated heterocycles. The molecule has 0 radical (unpaired) electrons. The molecule has 1 aliphatic rings. The topological polar surface area (TPSA) is 24.4 Å². The van der Waals surface area contributed by atoms with E-state index in [2.05, 4.69) is 31.1 Å². The van der Waals surface area contributed by atoms with E-state index in [-0.39, 0.29) is 0 Å². The zero-order valence-corrected chi connectivity index (χ0v) is 11.8. The van der Waals surface area contributed by atoms with E-state index in [4.69, 9.17) is 0 Å². The van der Waals surface area contributed by atoms with E-state index in [1.54, 1.807) is 0 Å². The van der Waals surface area contributed by atoms with Gasteiger partial charge in [0.05, 0.1) is 0 Å². The van der Waals surface area contributed by atoms with Crippen LogP contribution in [0.1, 0.15) is 52.9 Å². The zero-order valence-electron chi connectivity index (χ0n) is 11.0. The molecular formula is C13H26N2S. The zero-order chi connectivity index (χ0) is 11.8. The quantitative estimate of drug-likeness (QED) is 0.768. The number of amidine groups is 1. The second-order valence-electron chi connectivity index (χ2n) is 4.83. The molecule has 0 amide bonds. The summed E-state index contributed by atoms with van der Waals surface area (Å²) >= 11 is 1.90. The van der Waals surface area contributed by atoms with Gasteiger partial charge in [0.2, 0.25) is 0 Å². The Bertz CT molecular complexity index is 216. The molecule has 0 aromatic carbocycles. The molecule has 1 aliphatic heterocycles. The summed E-state index contributed by atoms with van der Waals surface area (Å²) in [6, 6.07) is 0.643. The third-order valence-electron chi connectivity index (χ3n) is 2.92. The molecule has 2 nitrogen and oxygen atoms in total. The van der Waals surface area contributed by atoms with Crippen molar-refractivity contribution in [1.82, 2.24) is 5.32 Å². The van der Waals surface area contributed by atoms with Crippen molar-refractivity contribution >= 4 is 16.9 Å². The van der Waals surface area contributed by atoms with Crippen molar-refractivity contribution in [2.45, 2.75) is 58.9 Å². The Balaban J connectivity index is 2.35. The Labute approximate surface area is 105 Å². The first-order valence-electron chi connectivity index (χ1n) is 6.70. The highest BCUT2D eigenvalue weighted by molar-refractivity contribution is 8.13.